The second-order valence-electron chi connectivity index (χ2n) is 5.22. The quantitative estimate of drug-likeness (QED) is 0.777. The van der Waals surface area contributed by atoms with Crippen molar-refractivity contribution in [1.29, 1.82) is 0 Å². The number of nitrogens with two attached hydrogens (primary N) is 1. The summed E-state index contributed by atoms with van der Waals surface area (Å²) in [5.41, 5.74) is 9.61. The summed E-state index contributed by atoms with van der Waals surface area (Å²) in [5.74, 6) is 0. The van der Waals surface area contributed by atoms with Gasteiger partial charge in [0, 0.05) is 19.4 Å². The fourth-order valence-corrected chi connectivity index (χ4v) is 2.47. The van der Waals surface area contributed by atoms with Crippen LogP contribution < -0.4 is 5.73 Å². The molecule has 108 valence electrons. The van der Waals surface area contributed by atoms with Crippen LogP contribution in [0.2, 0.25) is 0 Å². The molecule has 0 saturated heterocycles. The first-order valence-electron chi connectivity index (χ1n) is 7.00. The molecule has 1 atom stereocenters. The van der Waals surface area contributed by atoms with Crippen molar-refractivity contribution in [3.05, 3.63) is 72.1 Å². The van der Waals surface area contributed by atoms with Gasteiger partial charge in [-0.3, -0.25) is 4.68 Å². The van der Waals surface area contributed by atoms with Gasteiger partial charge in [0.2, 0.25) is 0 Å². The average molecular weight is 281 g/mol. The van der Waals surface area contributed by atoms with Crippen LogP contribution >= 0.6 is 0 Å². The van der Waals surface area contributed by atoms with E-state index in [0.717, 1.165) is 17.8 Å². The minimum absolute atomic E-state index is 0.0707. The molecule has 5 nitrogen and oxygen atoms in total. The Morgan fingerprint density at radius 3 is 2.71 bits per heavy atom. The van der Waals surface area contributed by atoms with Gasteiger partial charge in [-0.1, -0.05) is 30.3 Å². The van der Waals surface area contributed by atoms with Crippen LogP contribution in [-0.2, 0) is 20.0 Å². The zero-order valence-electron chi connectivity index (χ0n) is 12.1. The first-order chi connectivity index (χ1) is 10.2. The van der Waals surface area contributed by atoms with Crippen molar-refractivity contribution in [1.82, 2.24) is 19.3 Å². The predicted octanol–water partition coefficient (Wildman–Crippen LogP) is 1.91. The summed E-state index contributed by atoms with van der Waals surface area (Å²) in [7, 11) is 1.92. The van der Waals surface area contributed by atoms with E-state index in [0.29, 0.717) is 6.54 Å². The van der Waals surface area contributed by atoms with Gasteiger partial charge in [-0.15, -0.1) is 0 Å². The van der Waals surface area contributed by atoms with E-state index in [9.17, 15) is 0 Å². The van der Waals surface area contributed by atoms with Crippen molar-refractivity contribution >= 4 is 0 Å². The van der Waals surface area contributed by atoms with Gasteiger partial charge < -0.3 is 10.3 Å². The largest absolute Gasteiger partial charge is 0.327 e. The Morgan fingerprint density at radius 1 is 1.19 bits per heavy atom. The number of imidazole rings is 1. The van der Waals surface area contributed by atoms with Crippen molar-refractivity contribution in [2.24, 2.45) is 12.8 Å². The second kappa shape index (κ2) is 5.93. The zero-order chi connectivity index (χ0) is 14.7. The number of nitrogens with zero attached hydrogens (tertiary/aromatic N) is 4. The monoisotopic (exact) mass is 281 g/mol. The lowest BCUT2D eigenvalue weighted by Gasteiger charge is -2.14. The van der Waals surface area contributed by atoms with E-state index in [1.54, 1.807) is 4.68 Å². The van der Waals surface area contributed by atoms with E-state index in [-0.39, 0.29) is 6.04 Å². The van der Waals surface area contributed by atoms with Crippen LogP contribution in [0.3, 0.4) is 0 Å². The minimum atomic E-state index is -0.0707. The number of hydrogen-bond donors (Lipinski definition) is 1. The molecule has 3 rings (SSSR count). The Bertz CT molecular complexity index is 698. The van der Waals surface area contributed by atoms with Gasteiger partial charge >= 0.3 is 0 Å². The van der Waals surface area contributed by atoms with Gasteiger partial charge in [-0.25, -0.2) is 4.98 Å². The highest BCUT2D eigenvalue weighted by atomic mass is 15.3. The molecule has 0 fully saturated rings. The van der Waals surface area contributed by atoms with Gasteiger partial charge in [-0.2, -0.15) is 5.10 Å². The molecule has 21 heavy (non-hydrogen) atoms. The molecule has 0 bridgehead atoms. The molecule has 0 spiro atoms. The molecular formula is C16H19N5. The van der Waals surface area contributed by atoms with E-state index in [1.807, 2.05) is 50.0 Å². The van der Waals surface area contributed by atoms with Crippen molar-refractivity contribution in [2.75, 3.05) is 0 Å². The van der Waals surface area contributed by atoms with Gasteiger partial charge in [0.1, 0.15) is 0 Å². The highest BCUT2D eigenvalue weighted by molar-refractivity contribution is 5.19. The van der Waals surface area contributed by atoms with Crippen molar-refractivity contribution < 1.29 is 0 Å². The molecule has 1 aromatic carbocycles. The summed E-state index contributed by atoms with van der Waals surface area (Å²) >= 11 is 0. The number of aromatic nitrogens is 4. The third-order valence-electron chi connectivity index (χ3n) is 3.52. The van der Waals surface area contributed by atoms with Crippen molar-refractivity contribution in [3.8, 4) is 0 Å². The molecular weight excluding hydrogens is 262 g/mol. The summed E-state index contributed by atoms with van der Waals surface area (Å²) < 4.78 is 3.87. The van der Waals surface area contributed by atoms with E-state index in [2.05, 4.69) is 26.8 Å². The predicted molar refractivity (Wildman–Crippen MR) is 81.6 cm³/mol. The first kappa shape index (κ1) is 13.6. The lowest BCUT2D eigenvalue weighted by Crippen LogP contribution is -2.18. The standard InChI is InChI=1S/C16H19N5/c1-20-8-7-14(19-20)11-21-12-18-10-16(21)15(17)9-13-5-3-2-4-6-13/h2-8,10,12,15H,9,11,17H2,1H3/t15-/m1/s1. The fraction of sp³-hybridized carbons (Fsp3) is 0.250. The van der Waals surface area contributed by atoms with Gasteiger partial charge in [-0.05, 0) is 18.1 Å². The highest BCUT2D eigenvalue weighted by Crippen LogP contribution is 2.16. The van der Waals surface area contributed by atoms with E-state index < -0.39 is 0 Å². The Kier molecular flexibility index (Phi) is 3.83. The lowest BCUT2D eigenvalue weighted by atomic mass is 10.0. The van der Waals surface area contributed by atoms with Crippen molar-refractivity contribution in [2.45, 2.75) is 19.0 Å². The summed E-state index contributed by atoms with van der Waals surface area (Å²) in [6, 6.07) is 12.2. The van der Waals surface area contributed by atoms with Crippen LogP contribution in [0.15, 0.2) is 55.1 Å². The molecule has 0 aliphatic rings. The van der Waals surface area contributed by atoms with E-state index in [1.165, 1.54) is 5.56 Å². The summed E-state index contributed by atoms with van der Waals surface area (Å²) in [4.78, 5) is 4.24. The second-order valence-corrected chi connectivity index (χ2v) is 5.22. The Hall–Kier alpha value is -2.40. The van der Waals surface area contributed by atoms with Gasteiger partial charge in [0.25, 0.3) is 0 Å². The van der Waals surface area contributed by atoms with Crippen LogP contribution in [-0.4, -0.2) is 19.3 Å². The first-order valence-corrected chi connectivity index (χ1v) is 7.00. The van der Waals surface area contributed by atoms with Gasteiger partial charge in [0.05, 0.1) is 30.3 Å². The molecule has 2 N–H and O–H groups in total. The molecule has 0 aliphatic carbocycles. The number of hydrogen-bond acceptors (Lipinski definition) is 3. The average Bonchev–Trinajstić information content (AvgIpc) is 3.10. The minimum Gasteiger partial charge on any atom is -0.327 e. The molecule has 0 radical (unpaired) electrons. The normalized spacial score (nSPS) is 12.5. The zero-order valence-corrected chi connectivity index (χ0v) is 12.1. The maximum Gasteiger partial charge on any atom is 0.0952 e. The highest BCUT2D eigenvalue weighted by Gasteiger charge is 2.13. The maximum atomic E-state index is 6.34. The fourth-order valence-electron chi connectivity index (χ4n) is 2.47. The summed E-state index contributed by atoms with van der Waals surface area (Å²) in [6.45, 7) is 0.693. The Morgan fingerprint density at radius 2 is 2.00 bits per heavy atom. The molecule has 0 aliphatic heterocycles. The Labute approximate surface area is 124 Å². The topological polar surface area (TPSA) is 61.7 Å². The van der Waals surface area contributed by atoms with E-state index in [4.69, 9.17) is 5.73 Å². The van der Waals surface area contributed by atoms with Crippen molar-refractivity contribution in [3.63, 3.8) is 0 Å². The Balaban J connectivity index is 1.75. The number of aryl methyl sites for hydroxylation is 1. The molecule has 0 amide bonds. The molecule has 0 unspecified atom stereocenters. The van der Waals surface area contributed by atoms with Crippen LogP contribution in [0.4, 0.5) is 0 Å². The van der Waals surface area contributed by atoms with Crippen LogP contribution in [0.1, 0.15) is 23.0 Å². The van der Waals surface area contributed by atoms with E-state index >= 15 is 0 Å². The van der Waals surface area contributed by atoms with Crippen LogP contribution in [0.5, 0.6) is 0 Å². The van der Waals surface area contributed by atoms with Gasteiger partial charge in [0.15, 0.2) is 0 Å². The number of rotatable bonds is 5. The molecule has 5 heteroatoms. The SMILES string of the molecule is Cn1ccc(Cn2cncc2[C@H](N)Cc2ccccc2)n1. The summed E-state index contributed by atoms with van der Waals surface area (Å²) in [5, 5.41) is 4.40. The third kappa shape index (κ3) is 3.20. The maximum absolute atomic E-state index is 6.34. The smallest absolute Gasteiger partial charge is 0.0952 e. The molecule has 3 aromatic rings. The number of benzene rings is 1. The molecule has 2 aromatic heterocycles. The molecule has 0 saturated carbocycles. The van der Waals surface area contributed by atoms with Crippen LogP contribution in [0.25, 0.3) is 0 Å². The third-order valence-corrected chi connectivity index (χ3v) is 3.52. The lowest BCUT2D eigenvalue weighted by molar-refractivity contribution is 0.619. The van der Waals surface area contributed by atoms with Crippen LogP contribution in [0, 0.1) is 0 Å². The molecule has 2 heterocycles. The summed E-state index contributed by atoms with van der Waals surface area (Å²) in [6.07, 6.45) is 6.40.